The van der Waals surface area contributed by atoms with Crippen LogP contribution in [0.15, 0.2) is 12.1 Å². The number of aliphatic carboxylic acids is 1. The second-order valence-corrected chi connectivity index (χ2v) is 4.34. The highest BCUT2D eigenvalue weighted by Crippen LogP contribution is 2.18. The average molecular weight is 291 g/mol. The summed E-state index contributed by atoms with van der Waals surface area (Å²) in [5.74, 6) is -1.54. The molecule has 0 aliphatic rings. The van der Waals surface area contributed by atoms with Crippen LogP contribution in [-0.2, 0) is 4.79 Å². The number of aromatic nitrogens is 1. The molecule has 1 rings (SSSR count). The lowest BCUT2D eigenvalue weighted by molar-refractivity contribution is -0.137. The van der Waals surface area contributed by atoms with Gasteiger partial charge in [-0.25, -0.2) is 4.98 Å². The predicted octanol–water partition coefficient (Wildman–Crippen LogP) is 2.33. The third kappa shape index (κ3) is 3.85. The van der Waals surface area contributed by atoms with Gasteiger partial charge in [0.25, 0.3) is 5.91 Å². The van der Waals surface area contributed by atoms with Gasteiger partial charge in [0.15, 0.2) is 0 Å². The summed E-state index contributed by atoms with van der Waals surface area (Å²) in [6.07, 6.45) is 0.650. The highest BCUT2D eigenvalue weighted by molar-refractivity contribution is 6.34. The van der Waals surface area contributed by atoms with Crippen molar-refractivity contribution in [3.8, 4) is 0 Å². The summed E-state index contributed by atoms with van der Waals surface area (Å²) in [4.78, 5) is 27.8. The van der Waals surface area contributed by atoms with Crippen molar-refractivity contribution in [2.75, 3.05) is 13.1 Å². The van der Waals surface area contributed by atoms with Crippen LogP contribution in [0.3, 0.4) is 0 Å². The molecule has 0 radical (unpaired) electrons. The van der Waals surface area contributed by atoms with Gasteiger partial charge >= 0.3 is 5.97 Å². The number of carbonyl (C=O) groups is 2. The van der Waals surface area contributed by atoms with Crippen LogP contribution in [0.4, 0.5) is 0 Å². The molecule has 1 N–H and O–H groups in total. The van der Waals surface area contributed by atoms with Crippen molar-refractivity contribution in [3.05, 3.63) is 28.0 Å². The summed E-state index contributed by atoms with van der Waals surface area (Å²) in [5.41, 5.74) is 0.149. The van der Waals surface area contributed by atoms with Crippen molar-refractivity contribution in [1.29, 1.82) is 0 Å². The quantitative estimate of drug-likeness (QED) is 0.845. The van der Waals surface area contributed by atoms with Crippen LogP contribution in [0.2, 0.25) is 10.3 Å². The first kappa shape index (κ1) is 14.7. The van der Waals surface area contributed by atoms with E-state index in [4.69, 9.17) is 28.3 Å². The Morgan fingerprint density at radius 2 is 2.06 bits per heavy atom. The molecular weight excluding hydrogens is 279 g/mol. The van der Waals surface area contributed by atoms with Gasteiger partial charge in [-0.2, -0.15) is 0 Å². The van der Waals surface area contributed by atoms with E-state index in [9.17, 15) is 9.59 Å². The molecule has 1 aromatic heterocycles. The molecule has 5 nitrogen and oxygen atoms in total. The largest absolute Gasteiger partial charge is 0.480 e. The second-order valence-electron chi connectivity index (χ2n) is 3.59. The zero-order valence-corrected chi connectivity index (χ0v) is 11.2. The van der Waals surface area contributed by atoms with E-state index >= 15 is 0 Å². The molecule has 0 saturated heterocycles. The molecule has 7 heteroatoms. The number of halogens is 2. The minimum absolute atomic E-state index is 0.0287. The summed E-state index contributed by atoms with van der Waals surface area (Å²) >= 11 is 11.4. The van der Waals surface area contributed by atoms with E-state index in [0.717, 1.165) is 0 Å². The lowest BCUT2D eigenvalue weighted by Crippen LogP contribution is -2.36. The van der Waals surface area contributed by atoms with E-state index in [1.165, 1.54) is 17.0 Å². The van der Waals surface area contributed by atoms with Crippen LogP contribution >= 0.6 is 23.2 Å². The van der Waals surface area contributed by atoms with Crippen LogP contribution < -0.4 is 0 Å². The van der Waals surface area contributed by atoms with Crippen molar-refractivity contribution in [3.63, 3.8) is 0 Å². The van der Waals surface area contributed by atoms with Crippen molar-refractivity contribution < 1.29 is 14.7 Å². The Labute approximate surface area is 114 Å². The molecule has 0 saturated carbocycles. The normalized spacial score (nSPS) is 10.2. The summed E-state index contributed by atoms with van der Waals surface area (Å²) < 4.78 is 0. The molecule has 0 atom stereocenters. The third-order valence-corrected chi connectivity index (χ3v) is 2.65. The Morgan fingerprint density at radius 3 is 2.56 bits per heavy atom. The van der Waals surface area contributed by atoms with Gasteiger partial charge in [-0.3, -0.25) is 9.59 Å². The van der Waals surface area contributed by atoms with Crippen molar-refractivity contribution in [2.45, 2.75) is 13.3 Å². The van der Waals surface area contributed by atoms with Gasteiger partial charge in [0.2, 0.25) is 0 Å². The summed E-state index contributed by atoms with van der Waals surface area (Å²) in [7, 11) is 0. The zero-order valence-electron chi connectivity index (χ0n) is 9.69. The Hall–Kier alpha value is -1.33. The molecule has 0 aliphatic carbocycles. The average Bonchev–Trinajstić information content (AvgIpc) is 2.27. The number of rotatable bonds is 5. The van der Waals surface area contributed by atoms with Gasteiger partial charge in [-0.1, -0.05) is 30.1 Å². The fourth-order valence-electron chi connectivity index (χ4n) is 1.43. The first-order chi connectivity index (χ1) is 8.45. The fraction of sp³-hybridized carbons (Fsp3) is 0.364. The topological polar surface area (TPSA) is 70.5 Å². The number of amides is 1. The van der Waals surface area contributed by atoms with Crippen molar-refractivity contribution >= 4 is 35.1 Å². The zero-order chi connectivity index (χ0) is 13.7. The lowest BCUT2D eigenvalue weighted by atomic mass is 10.2. The first-order valence-corrected chi connectivity index (χ1v) is 6.04. The summed E-state index contributed by atoms with van der Waals surface area (Å²) in [6, 6.07) is 2.87. The molecule has 98 valence electrons. The first-order valence-electron chi connectivity index (χ1n) is 5.28. The number of carboxylic acid groups (broad SMARTS) is 1. The number of hydrogen-bond acceptors (Lipinski definition) is 3. The molecular formula is C11H12Cl2N2O3. The molecule has 18 heavy (non-hydrogen) atoms. The summed E-state index contributed by atoms with van der Waals surface area (Å²) in [6.45, 7) is 1.82. The molecule has 0 fully saturated rings. The highest BCUT2D eigenvalue weighted by Gasteiger charge is 2.20. The number of hydrogen-bond donors (Lipinski definition) is 1. The Kier molecular flexibility index (Phi) is 5.37. The summed E-state index contributed by atoms with van der Waals surface area (Å²) in [5, 5.41) is 8.91. The van der Waals surface area contributed by atoms with Crippen molar-refractivity contribution in [2.24, 2.45) is 0 Å². The molecule has 1 aromatic rings. The van der Waals surface area contributed by atoms with Crippen LogP contribution in [-0.4, -0.2) is 40.0 Å². The smallest absolute Gasteiger partial charge is 0.323 e. The molecule has 0 bridgehead atoms. The maximum atomic E-state index is 12.1. The van der Waals surface area contributed by atoms with Gasteiger partial charge in [-0.15, -0.1) is 0 Å². The number of carboxylic acids is 1. The Balaban J connectivity index is 2.97. The Bertz CT molecular complexity index is 466. The van der Waals surface area contributed by atoms with Crippen LogP contribution in [0, 0.1) is 0 Å². The lowest BCUT2D eigenvalue weighted by Gasteiger charge is -2.20. The van der Waals surface area contributed by atoms with E-state index in [-0.39, 0.29) is 22.4 Å². The number of nitrogens with zero attached hydrogens (tertiary/aromatic N) is 2. The van der Waals surface area contributed by atoms with Gasteiger partial charge in [0, 0.05) is 6.54 Å². The van der Waals surface area contributed by atoms with E-state index in [0.29, 0.717) is 13.0 Å². The minimum atomic E-state index is -1.07. The number of carbonyl (C=O) groups excluding carboxylic acids is 1. The van der Waals surface area contributed by atoms with Gasteiger partial charge in [-0.05, 0) is 18.6 Å². The standard InChI is InChI=1S/C11H12Cl2N2O3/c1-2-5-15(6-9(16)17)11(18)7-3-4-8(12)14-10(7)13/h3-4H,2,5-6H2,1H3,(H,16,17). The predicted molar refractivity (Wildman–Crippen MR) is 68.1 cm³/mol. The Morgan fingerprint density at radius 1 is 1.39 bits per heavy atom. The molecule has 0 spiro atoms. The highest BCUT2D eigenvalue weighted by atomic mass is 35.5. The van der Waals surface area contributed by atoms with Gasteiger partial charge < -0.3 is 10.0 Å². The maximum Gasteiger partial charge on any atom is 0.323 e. The van der Waals surface area contributed by atoms with Crippen LogP contribution in [0.25, 0.3) is 0 Å². The minimum Gasteiger partial charge on any atom is -0.480 e. The SMILES string of the molecule is CCCN(CC(=O)O)C(=O)c1ccc(Cl)nc1Cl. The van der Waals surface area contributed by atoms with Gasteiger partial charge in [0.05, 0.1) is 5.56 Å². The monoisotopic (exact) mass is 290 g/mol. The van der Waals surface area contributed by atoms with E-state index in [1.54, 1.807) is 0 Å². The molecule has 1 amide bonds. The van der Waals surface area contributed by atoms with Crippen LogP contribution in [0.1, 0.15) is 23.7 Å². The fourth-order valence-corrected chi connectivity index (χ4v) is 1.85. The molecule has 0 aliphatic heterocycles. The van der Waals surface area contributed by atoms with E-state index in [1.807, 2.05) is 6.92 Å². The number of pyridine rings is 1. The maximum absolute atomic E-state index is 12.1. The van der Waals surface area contributed by atoms with Gasteiger partial charge in [0.1, 0.15) is 16.9 Å². The molecule has 1 heterocycles. The van der Waals surface area contributed by atoms with E-state index < -0.39 is 11.9 Å². The van der Waals surface area contributed by atoms with Crippen LogP contribution in [0.5, 0.6) is 0 Å². The molecule has 0 unspecified atom stereocenters. The van der Waals surface area contributed by atoms with E-state index in [2.05, 4.69) is 4.98 Å². The third-order valence-electron chi connectivity index (χ3n) is 2.15. The molecule has 0 aromatic carbocycles. The van der Waals surface area contributed by atoms with Crippen molar-refractivity contribution in [1.82, 2.24) is 9.88 Å². The second kappa shape index (κ2) is 6.56.